The average molecular weight is 223 g/mol. The minimum absolute atomic E-state index is 0.593. The second-order valence-electron chi connectivity index (χ2n) is 4.38. The van der Waals surface area contributed by atoms with Gasteiger partial charge in [-0.05, 0) is 44.4 Å². The molecular formula is C13H21NS. The molecular weight excluding hydrogens is 202 g/mol. The molecule has 1 rings (SSSR count). The Morgan fingerprint density at radius 3 is 2.20 bits per heavy atom. The van der Waals surface area contributed by atoms with Gasteiger partial charge in [0.15, 0.2) is 0 Å². The van der Waals surface area contributed by atoms with Gasteiger partial charge in [-0.3, -0.25) is 0 Å². The number of aryl methyl sites for hydroxylation is 3. The highest BCUT2D eigenvalue weighted by Gasteiger charge is 2.06. The maximum Gasteiger partial charge on any atom is 0.0131 e. The zero-order chi connectivity index (χ0) is 11.4. The summed E-state index contributed by atoms with van der Waals surface area (Å²) < 4.78 is 0. The van der Waals surface area contributed by atoms with Gasteiger partial charge in [-0.25, -0.2) is 0 Å². The minimum atomic E-state index is 0.593. The Morgan fingerprint density at radius 2 is 1.73 bits per heavy atom. The second kappa shape index (κ2) is 5.57. The molecule has 0 saturated carbocycles. The third kappa shape index (κ3) is 3.54. The molecule has 0 aliphatic carbocycles. The van der Waals surface area contributed by atoms with Crippen LogP contribution in [-0.2, 0) is 0 Å². The summed E-state index contributed by atoms with van der Waals surface area (Å²) in [5, 5.41) is 0. The zero-order valence-electron chi connectivity index (χ0n) is 10.1. The molecule has 84 valence electrons. The lowest BCUT2D eigenvalue weighted by molar-refractivity contribution is 0.675. The number of hydrogen-bond donors (Lipinski definition) is 1. The Kier molecular flexibility index (Phi) is 4.68. The summed E-state index contributed by atoms with van der Waals surface area (Å²) in [4.78, 5) is 1.43. The third-order valence-corrected chi connectivity index (χ3v) is 4.19. The molecule has 0 radical (unpaired) electrons. The van der Waals surface area contributed by atoms with Gasteiger partial charge in [-0.1, -0.05) is 24.6 Å². The van der Waals surface area contributed by atoms with Gasteiger partial charge in [0.25, 0.3) is 0 Å². The van der Waals surface area contributed by atoms with E-state index < -0.39 is 0 Å². The van der Waals surface area contributed by atoms with Crippen LogP contribution in [0, 0.1) is 26.7 Å². The lowest BCUT2D eigenvalue weighted by Crippen LogP contribution is -2.12. The average Bonchev–Trinajstić information content (AvgIpc) is 2.15. The fourth-order valence-corrected chi connectivity index (χ4v) is 2.85. The molecule has 2 heteroatoms. The quantitative estimate of drug-likeness (QED) is 0.793. The first kappa shape index (κ1) is 12.6. The maximum atomic E-state index is 5.62. The van der Waals surface area contributed by atoms with Crippen LogP contribution < -0.4 is 5.73 Å². The van der Waals surface area contributed by atoms with Gasteiger partial charge in [-0.2, -0.15) is 0 Å². The molecule has 15 heavy (non-hydrogen) atoms. The van der Waals surface area contributed by atoms with E-state index in [1.807, 2.05) is 11.8 Å². The summed E-state index contributed by atoms with van der Waals surface area (Å²) in [6, 6.07) is 4.50. The summed E-state index contributed by atoms with van der Waals surface area (Å²) in [7, 11) is 0. The van der Waals surface area contributed by atoms with E-state index in [4.69, 9.17) is 5.73 Å². The Bertz CT molecular complexity index is 310. The SMILES string of the molecule is Cc1cc(C)c(SCC(C)CN)c(C)c1. The Labute approximate surface area is 97.4 Å². The van der Waals surface area contributed by atoms with Gasteiger partial charge >= 0.3 is 0 Å². The van der Waals surface area contributed by atoms with Crippen molar-refractivity contribution in [2.75, 3.05) is 12.3 Å². The van der Waals surface area contributed by atoms with E-state index in [-0.39, 0.29) is 0 Å². The summed E-state index contributed by atoms with van der Waals surface area (Å²) >= 11 is 1.94. The molecule has 1 unspecified atom stereocenters. The number of hydrogen-bond acceptors (Lipinski definition) is 2. The van der Waals surface area contributed by atoms with Gasteiger partial charge in [0.2, 0.25) is 0 Å². The van der Waals surface area contributed by atoms with E-state index in [1.54, 1.807) is 0 Å². The molecule has 0 heterocycles. The van der Waals surface area contributed by atoms with Crippen LogP contribution in [0.1, 0.15) is 23.6 Å². The van der Waals surface area contributed by atoms with Crippen LogP contribution in [0.25, 0.3) is 0 Å². The second-order valence-corrected chi connectivity index (χ2v) is 5.41. The van der Waals surface area contributed by atoms with Crippen LogP contribution in [0.2, 0.25) is 0 Å². The van der Waals surface area contributed by atoms with Gasteiger partial charge in [-0.15, -0.1) is 11.8 Å². The molecule has 0 spiro atoms. The van der Waals surface area contributed by atoms with Crippen LogP contribution in [0.3, 0.4) is 0 Å². The number of thioether (sulfide) groups is 1. The van der Waals surface area contributed by atoms with Crippen molar-refractivity contribution in [3.8, 4) is 0 Å². The Balaban J connectivity index is 2.77. The maximum absolute atomic E-state index is 5.62. The Morgan fingerprint density at radius 1 is 1.20 bits per heavy atom. The molecule has 1 aromatic rings. The molecule has 2 N–H and O–H groups in total. The van der Waals surface area contributed by atoms with Crippen molar-refractivity contribution in [3.63, 3.8) is 0 Å². The first-order valence-electron chi connectivity index (χ1n) is 5.45. The highest BCUT2D eigenvalue weighted by molar-refractivity contribution is 7.99. The van der Waals surface area contributed by atoms with Crippen molar-refractivity contribution in [1.29, 1.82) is 0 Å². The fraction of sp³-hybridized carbons (Fsp3) is 0.538. The lowest BCUT2D eigenvalue weighted by Gasteiger charge is -2.13. The molecule has 1 atom stereocenters. The number of benzene rings is 1. The third-order valence-electron chi connectivity index (χ3n) is 2.52. The Hall–Kier alpha value is -0.470. The fourth-order valence-electron chi connectivity index (χ4n) is 1.69. The summed E-state index contributed by atoms with van der Waals surface area (Å²) in [5.41, 5.74) is 9.75. The van der Waals surface area contributed by atoms with Crippen molar-refractivity contribution in [2.24, 2.45) is 11.7 Å². The molecule has 0 aromatic heterocycles. The molecule has 1 nitrogen and oxygen atoms in total. The molecule has 0 aliphatic rings. The highest BCUT2D eigenvalue weighted by atomic mass is 32.2. The van der Waals surface area contributed by atoms with E-state index in [9.17, 15) is 0 Å². The molecule has 0 aliphatic heterocycles. The van der Waals surface area contributed by atoms with Gasteiger partial charge in [0.1, 0.15) is 0 Å². The van der Waals surface area contributed by atoms with Crippen LogP contribution >= 0.6 is 11.8 Å². The van der Waals surface area contributed by atoms with Crippen molar-refractivity contribution in [3.05, 3.63) is 28.8 Å². The molecule has 0 saturated heterocycles. The van der Waals surface area contributed by atoms with Crippen LogP contribution in [0.5, 0.6) is 0 Å². The van der Waals surface area contributed by atoms with Crippen molar-refractivity contribution in [1.82, 2.24) is 0 Å². The predicted molar refractivity (Wildman–Crippen MR) is 69.6 cm³/mol. The largest absolute Gasteiger partial charge is 0.330 e. The van der Waals surface area contributed by atoms with Gasteiger partial charge in [0, 0.05) is 10.6 Å². The van der Waals surface area contributed by atoms with E-state index in [2.05, 4.69) is 39.8 Å². The van der Waals surface area contributed by atoms with E-state index in [1.165, 1.54) is 21.6 Å². The predicted octanol–water partition coefficient (Wildman–Crippen LogP) is 3.30. The van der Waals surface area contributed by atoms with Crippen molar-refractivity contribution in [2.45, 2.75) is 32.6 Å². The van der Waals surface area contributed by atoms with E-state index >= 15 is 0 Å². The van der Waals surface area contributed by atoms with Crippen LogP contribution in [0.15, 0.2) is 17.0 Å². The summed E-state index contributed by atoms with van der Waals surface area (Å²) in [6.07, 6.45) is 0. The minimum Gasteiger partial charge on any atom is -0.330 e. The number of rotatable bonds is 4. The monoisotopic (exact) mass is 223 g/mol. The summed E-state index contributed by atoms with van der Waals surface area (Å²) in [6.45, 7) is 9.50. The lowest BCUT2D eigenvalue weighted by atomic mass is 10.1. The standard InChI is InChI=1S/C13H21NS/c1-9-5-11(3)13(12(4)6-9)15-8-10(2)7-14/h5-6,10H,7-8,14H2,1-4H3. The van der Waals surface area contributed by atoms with Gasteiger partial charge in [0.05, 0.1) is 0 Å². The first-order valence-corrected chi connectivity index (χ1v) is 6.44. The zero-order valence-corrected chi connectivity index (χ0v) is 10.9. The van der Waals surface area contributed by atoms with Crippen molar-refractivity contribution < 1.29 is 0 Å². The highest BCUT2D eigenvalue weighted by Crippen LogP contribution is 2.28. The number of nitrogens with two attached hydrogens (primary N) is 1. The van der Waals surface area contributed by atoms with Gasteiger partial charge < -0.3 is 5.73 Å². The molecule has 0 fully saturated rings. The van der Waals surface area contributed by atoms with Crippen LogP contribution in [-0.4, -0.2) is 12.3 Å². The smallest absolute Gasteiger partial charge is 0.0131 e. The topological polar surface area (TPSA) is 26.0 Å². The van der Waals surface area contributed by atoms with Crippen molar-refractivity contribution >= 4 is 11.8 Å². The first-order chi connectivity index (χ1) is 7.04. The van der Waals surface area contributed by atoms with Crippen LogP contribution in [0.4, 0.5) is 0 Å². The van der Waals surface area contributed by atoms with E-state index in [0.29, 0.717) is 5.92 Å². The molecule has 1 aromatic carbocycles. The molecule has 0 amide bonds. The molecule has 0 bridgehead atoms. The van der Waals surface area contributed by atoms with E-state index in [0.717, 1.165) is 12.3 Å². The normalized spacial score (nSPS) is 12.9. The summed E-state index contributed by atoms with van der Waals surface area (Å²) in [5.74, 6) is 1.71.